The summed E-state index contributed by atoms with van der Waals surface area (Å²) in [7, 11) is 0. The van der Waals surface area contributed by atoms with Crippen LogP contribution in [0.5, 0.6) is 0 Å². The standard InChI is InChI=1S/C54H41NO/c1-53(2)48-17-8-6-14-44(48)47-34-41(26-27-49(47)53)55(39-24-20-36(21-25-39)43-16-10-12-35-11-4-5-13-42(35)43)40-29-31-54(3,32-30-40)38-23-19-37-22-28-51-52(46(37)33-38)45-15-7-9-18-50(45)56-51/h4-31,33-34H,32H2,1-3H3. The molecule has 0 saturated carbocycles. The predicted octanol–water partition coefficient (Wildman–Crippen LogP) is 14.8. The zero-order valence-corrected chi connectivity index (χ0v) is 31.9. The molecule has 0 saturated heterocycles. The van der Waals surface area contributed by atoms with Crippen molar-refractivity contribution < 1.29 is 4.42 Å². The molecule has 1 aromatic heterocycles. The Bertz CT molecular complexity index is 3100. The molecular formula is C54H41NO. The number of benzene rings is 8. The topological polar surface area (TPSA) is 16.4 Å². The van der Waals surface area contributed by atoms with Crippen LogP contribution in [0.25, 0.3) is 65.7 Å². The van der Waals surface area contributed by atoms with Gasteiger partial charge >= 0.3 is 0 Å². The van der Waals surface area contributed by atoms with Crippen LogP contribution in [-0.4, -0.2) is 0 Å². The molecule has 9 aromatic rings. The van der Waals surface area contributed by atoms with E-state index in [0.717, 1.165) is 29.0 Å². The van der Waals surface area contributed by atoms with Crippen molar-refractivity contribution in [1.82, 2.24) is 0 Å². The summed E-state index contributed by atoms with van der Waals surface area (Å²) < 4.78 is 6.28. The van der Waals surface area contributed by atoms with Crippen molar-refractivity contribution in [3.8, 4) is 22.3 Å². The van der Waals surface area contributed by atoms with Crippen LogP contribution in [0.3, 0.4) is 0 Å². The number of anilines is 2. The van der Waals surface area contributed by atoms with E-state index < -0.39 is 0 Å². The molecule has 0 spiro atoms. The van der Waals surface area contributed by atoms with Crippen LogP contribution in [0.15, 0.2) is 192 Å². The SMILES string of the molecule is CC1(c2ccc3ccc4oc5ccccc5c4c3c2)C=CC(N(c2ccc(-c3cccc4ccccc34)cc2)c2ccc3c(c2)-c2ccccc2C3(C)C)=CC1. The molecule has 8 aromatic carbocycles. The molecule has 56 heavy (non-hydrogen) atoms. The molecule has 0 aliphatic heterocycles. The van der Waals surface area contributed by atoms with Gasteiger partial charge in [0.25, 0.3) is 0 Å². The molecule has 2 heteroatoms. The van der Waals surface area contributed by atoms with E-state index in [0.29, 0.717) is 0 Å². The smallest absolute Gasteiger partial charge is 0.136 e. The molecule has 11 rings (SSSR count). The summed E-state index contributed by atoms with van der Waals surface area (Å²) >= 11 is 0. The van der Waals surface area contributed by atoms with E-state index >= 15 is 0 Å². The fourth-order valence-corrected chi connectivity index (χ4v) is 9.56. The number of fused-ring (bicyclic) bond motifs is 9. The van der Waals surface area contributed by atoms with Gasteiger partial charge in [0.15, 0.2) is 0 Å². The fraction of sp³-hybridized carbons (Fsp3) is 0.111. The molecule has 2 aliphatic rings. The maximum Gasteiger partial charge on any atom is 0.136 e. The lowest BCUT2D eigenvalue weighted by Gasteiger charge is -2.34. The lowest BCUT2D eigenvalue weighted by atomic mass is 9.76. The molecule has 0 amide bonds. The predicted molar refractivity (Wildman–Crippen MR) is 236 cm³/mol. The first-order chi connectivity index (χ1) is 27.4. The van der Waals surface area contributed by atoms with Crippen molar-refractivity contribution >= 4 is 54.9 Å². The van der Waals surface area contributed by atoms with E-state index in [4.69, 9.17) is 4.42 Å². The van der Waals surface area contributed by atoms with Crippen LogP contribution in [0, 0.1) is 0 Å². The van der Waals surface area contributed by atoms with Crippen molar-refractivity contribution in [2.75, 3.05) is 4.90 Å². The highest BCUT2D eigenvalue weighted by Gasteiger charge is 2.36. The van der Waals surface area contributed by atoms with E-state index in [1.54, 1.807) is 0 Å². The second-order valence-electron chi connectivity index (χ2n) is 16.4. The van der Waals surface area contributed by atoms with Gasteiger partial charge in [0.1, 0.15) is 11.2 Å². The molecule has 1 atom stereocenters. The Morgan fingerprint density at radius 1 is 0.518 bits per heavy atom. The molecule has 1 heterocycles. The first kappa shape index (κ1) is 32.8. The average molecular weight is 720 g/mol. The van der Waals surface area contributed by atoms with Crippen LogP contribution in [0.4, 0.5) is 11.4 Å². The van der Waals surface area contributed by atoms with E-state index in [9.17, 15) is 0 Å². The highest BCUT2D eigenvalue weighted by molar-refractivity contribution is 6.18. The Balaban J connectivity index is 1.01. The quantitative estimate of drug-likeness (QED) is 0.176. The summed E-state index contributed by atoms with van der Waals surface area (Å²) in [5, 5.41) is 7.35. The van der Waals surface area contributed by atoms with Crippen LogP contribution in [-0.2, 0) is 10.8 Å². The van der Waals surface area contributed by atoms with Crippen LogP contribution in [0.2, 0.25) is 0 Å². The third-order valence-corrected chi connectivity index (χ3v) is 12.7. The van der Waals surface area contributed by atoms with Gasteiger partial charge in [-0.3, -0.25) is 0 Å². The van der Waals surface area contributed by atoms with E-state index in [2.05, 4.69) is 202 Å². The van der Waals surface area contributed by atoms with Crippen LogP contribution < -0.4 is 4.90 Å². The number of nitrogens with zero attached hydrogens (tertiary/aromatic N) is 1. The number of furan rings is 1. The Morgan fingerprint density at radius 2 is 1.21 bits per heavy atom. The van der Waals surface area contributed by atoms with Crippen LogP contribution in [0.1, 0.15) is 43.9 Å². The summed E-state index contributed by atoms with van der Waals surface area (Å²) in [6.07, 6.45) is 8.06. The normalized spacial score (nSPS) is 17.0. The third-order valence-electron chi connectivity index (χ3n) is 12.7. The number of hydrogen-bond donors (Lipinski definition) is 0. The molecule has 0 fully saturated rings. The second-order valence-corrected chi connectivity index (χ2v) is 16.4. The number of rotatable bonds is 5. The van der Waals surface area contributed by atoms with Crippen molar-refractivity contribution in [2.45, 2.75) is 38.0 Å². The first-order valence-electron chi connectivity index (χ1n) is 19.7. The number of allylic oxidation sites excluding steroid dienone is 3. The molecule has 268 valence electrons. The Labute approximate surface area is 327 Å². The molecule has 0 N–H and O–H groups in total. The highest BCUT2D eigenvalue weighted by Crippen LogP contribution is 2.51. The lowest BCUT2D eigenvalue weighted by Crippen LogP contribution is -2.24. The minimum Gasteiger partial charge on any atom is -0.456 e. The van der Waals surface area contributed by atoms with Gasteiger partial charge < -0.3 is 9.32 Å². The number of para-hydroxylation sites is 1. The zero-order chi connectivity index (χ0) is 37.6. The molecular weight excluding hydrogens is 679 g/mol. The average Bonchev–Trinajstić information content (AvgIpc) is 3.74. The maximum absolute atomic E-state index is 6.28. The third kappa shape index (κ3) is 4.95. The first-order valence-corrected chi connectivity index (χ1v) is 19.7. The number of hydrogen-bond acceptors (Lipinski definition) is 2. The van der Waals surface area contributed by atoms with Gasteiger partial charge in [-0.2, -0.15) is 0 Å². The zero-order valence-electron chi connectivity index (χ0n) is 31.9. The van der Waals surface area contributed by atoms with Gasteiger partial charge in [0.05, 0.1) is 0 Å². The molecule has 0 radical (unpaired) electrons. The van der Waals surface area contributed by atoms with Gasteiger partial charge in [-0.05, 0) is 115 Å². The molecule has 2 aliphatic carbocycles. The summed E-state index contributed by atoms with van der Waals surface area (Å²) in [5.74, 6) is 0. The largest absolute Gasteiger partial charge is 0.456 e. The van der Waals surface area contributed by atoms with E-state index in [1.165, 1.54) is 77.0 Å². The van der Waals surface area contributed by atoms with Crippen molar-refractivity contribution in [3.05, 3.63) is 204 Å². The minimum atomic E-state index is -0.176. The van der Waals surface area contributed by atoms with E-state index in [-0.39, 0.29) is 10.8 Å². The fourth-order valence-electron chi connectivity index (χ4n) is 9.56. The summed E-state index contributed by atoms with van der Waals surface area (Å²) in [6.45, 7) is 7.06. The molecule has 0 bridgehead atoms. The Kier molecular flexibility index (Phi) is 7.13. The van der Waals surface area contributed by atoms with E-state index in [1.807, 2.05) is 6.07 Å². The Morgan fingerprint density at radius 3 is 2.07 bits per heavy atom. The van der Waals surface area contributed by atoms with Gasteiger partial charge in [0, 0.05) is 38.7 Å². The maximum atomic E-state index is 6.28. The minimum absolute atomic E-state index is 0.0462. The monoisotopic (exact) mass is 719 g/mol. The van der Waals surface area contributed by atoms with Crippen LogP contribution >= 0.6 is 0 Å². The summed E-state index contributed by atoms with van der Waals surface area (Å²) in [5.41, 5.74) is 14.3. The van der Waals surface area contributed by atoms with Gasteiger partial charge in [-0.15, -0.1) is 0 Å². The molecule has 2 nitrogen and oxygen atoms in total. The Hall–Kier alpha value is -6.64. The van der Waals surface area contributed by atoms with Gasteiger partial charge in [-0.25, -0.2) is 0 Å². The lowest BCUT2D eigenvalue weighted by molar-refractivity contribution is 0.596. The summed E-state index contributed by atoms with van der Waals surface area (Å²) in [6, 6.07) is 60.0. The van der Waals surface area contributed by atoms with Gasteiger partial charge in [0.2, 0.25) is 0 Å². The highest BCUT2D eigenvalue weighted by atomic mass is 16.3. The van der Waals surface area contributed by atoms with Crippen molar-refractivity contribution in [3.63, 3.8) is 0 Å². The summed E-state index contributed by atoms with van der Waals surface area (Å²) in [4.78, 5) is 2.44. The second kappa shape index (κ2) is 12.2. The van der Waals surface area contributed by atoms with Gasteiger partial charge in [-0.1, -0.05) is 154 Å². The molecule has 1 unspecified atom stereocenters. The van der Waals surface area contributed by atoms with Crippen molar-refractivity contribution in [2.24, 2.45) is 0 Å². The van der Waals surface area contributed by atoms with Crippen molar-refractivity contribution in [1.29, 1.82) is 0 Å².